The number of rotatable bonds is 6. The van der Waals surface area contributed by atoms with Crippen LogP contribution >= 0.6 is 0 Å². The van der Waals surface area contributed by atoms with Crippen LogP contribution in [0.2, 0.25) is 0 Å². The topological polar surface area (TPSA) is 92.5 Å². The maximum atomic E-state index is 13.9. The van der Waals surface area contributed by atoms with Crippen molar-refractivity contribution >= 4 is 33.8 Å². The quantitative estimate of drug-likeness (QED) is 0.528. The lowest BCUT2D eigenvalue weighted by Crippen LogP contribution is -2.41. The number of benzene rings is 2. The molecular weight excluding hydrogens is 483 g/mol. The smallest absolute Gasteiger partial charge is 0.248 e. The Morgan fingerprint density at radius 3 is 2.49 bits per heavy atom. The van der Waals surface area contributed by atoms with E-state index in [1.165, 1.54) is 47.6 Å². The summed E-state index contributed by atoms with van der Waals surface area (Å²) in [5, 5.41) is 6.40. The molecule has 2 heterocycles. The average Bonchev–Trinajstić information content (AvgIpc) is 3.19. The van der Waals surface area contributed by atoms with E-state index in [9.17, 15) is 26.4 Å². The van der Waals surface area contributed by atoms with Gasteiger partial charge in [0, 0.05) is 36.3 Å². The van der Waals surface area contributed by atoms with Crippen molar-refractivity contribution in [3.63, 3.8) is 0 Å². The highest BCUT2D eigenvalue weighted by Crippen LogP contribution is 2.30. The molecule has 0 unspecified atom stereocenters. The van der Waals surface area contributed by atoms with Crippen molar-refractivity contribution in [1.82, 2.24) is 9.46 Å². The van der Waals surface area contributed by atoms with E-state index in [-0.39, 0.29) is 53.8 Å². The van der Waals surface area contributed by atoms with Gasteiger partial charge in [-0.2, -0.15) is 4.31 Å². The minimum Gasteiger partial charge on any atom is -0.355 e. The Kier molecular flexibility index (Phi) is 7.08. The van der Waals surface area contributed by atoms with Crippen molar-refractivity contribution in [2.45, 2.75) is 24.7 Å². The Labute approximate surface area is 200 Å². The molecule has 35 heavy (non-hydrogen) atoms. The fraction of sp³-hybridized carbons (Fsp3) is 0.250. The number of carbonyl (C=O) groups is 1. The summed E-state index contributed by atoms with van der Waals surface area (Å²) < 4.78 is 73.5. The zero-order valence-electron chi connectivity index (χ0n) is 18.7. The summed E-state index contributed by atoms with van der Waals surface area (Å²) in [6, 6.07) is 8.56. The first-order valence-electron chi connectivity index (χ1n) is 10.8. The fourth-order valence-corrected chi connectivity index (χ4v) is 5.62. The average molecular weight is 506 g/mol. The number of aromatic nitrogens is 1. The molecule has 3 aromatic rings. The maximum Gasteiger partial charge on any atom is 0.248 e. The second-order valence-corrected chi connectivity index (χ2v) is 10.0. The van der Waals surface area contributed by atoms with Gasteiger partial charge in [0.25, 0.3) is 0 Å². The summed E-state index contributed by atoms with van der Waals surface area (Å²) in [6.45, 7) is 1.65. The zero-order chi connectivity index (χ0) is 25.2. The van der Waals surface area contributed by atoms with E-state index in [0.717, 1.165) is 12.1 Å². The minimum absolute atomic E-state index is 0.0499. The maximum absolute atomic E-state index is 13.9. The summed E-state index contributed by atoms with van der Waals surface area (Å²) in [6.07, 6.45) is 3.09. The molecule has 1 fully saturated rings. The number of hydrogen-bond donors (Lipinski definition) is 1. The van der Waals surface area contributed by atoms with Crippen LogP contribution in [0.15, 0.2) is 51.9 Å². The molecule has 1 aliphatic heterocycles. The van der Waals surface area contributed by atoms with Gasteiger partial charge in [-0.1, -0.05) is 11.2 Å². The molecule has 184 valence electrons. The SMILES string of the molecule is Cc1noc(/C=C/c2ccc(F)cc2F)c1S(=O)(=O)N1CCC(C(=O)Nc2cccc(F)c2)CC1. The molecule has 0 bridgehead atoms. The highest BCUT2D eigenvalue weighted by atomic mass is 32.2. The molecule has 0 spiro atoms. The molecule has 1 N–H and O–H groups in total. The van der Waals surface area contributed by atoms with Gasteiger partial charge in [0.2, 0.25) is 15.9 Å². The number of nitrogens with one attached hydrogen (secondary N) is 1. The van der Waals surface area contributed by atoms with Crippen LogP contribution in [0.3, 0.4) is 0 Å². The third-order valence-electron chi connectivity index (χ3n) is 5.72. The highest BCUT2D eigenvalue weighted by Gasteiger charge is 2.36. The van der Waals surface area contributed by atoms with E-state index in [2.05, 4.69) is 10.5 Å². The Balaban J connectivity index is 1.46. The van der Waals surface area contributed by atoms with Gasteiger partial charge in [0.05, 0.1) is 0 Å². The zero-order valence-corrected chi connectivity index (χ0v) is 19.5. The van der Waals surface area contributed by atoms with Crippen LogP contribution in [0.5, 0.6) is 0 Å². The lowest BCUT2D eigenvalue weighted by Gasteiger charge is -2.30. The number of sulfonamides is 1. The monoisotopic (exact) mass is 505 g/mol. The molecule has 0 saturated carbocycles. The number of carbonyl (C=O) groups excluding carboxylic acids is 1. The summed E-state index contributed by atoms with van der Waals surface area (Å²) >= 11 is 0. The van der Waals surface area contributed by atoms with E-state index in [4.69, 9.17) is 4.52 Å². The highest BCUT2D eigenvalue weighted by molar-refractivity contribution is 7.89. The van der Waals surface area contributed by atoms with Gasteiger partial charge in [-0.05, 0) is 62.2 Å². The molecule has 1 aliphatic rings. The summed E-state index contributed by atoms with van der Waals surface area (Å²) in [7, 11) is -4.02. The first kappa shape index (κ1) is 24.7. The Morgan fingerprint density at radius 1 is 1.09 bits per heavy atom. The molecule has 1 amide bonds. The number of hydrogen-bond acceptors (Lipinski definition) is 5. The summed E-state index contributed by atoms with van der Waals surface area (Å²) in [5.41, 5.74) is 0.517. The van der Waals surface area contributed by atoms with E-state index in [1.54, 1.807) is 6.07 Å². The molecule has 2 aromatic carbocycles. The number of piperidine rings is 1. The van der Waals surface area contributed by atoms with Crippen LogP contribution in [-0.4, -0.2) is 36.9 Å². The van der Waals surface area contributed by atoms with E-state index in [0.29, 0.717) is 5.69 Å². The lowest BCUT2D eigenvalue weighted by atomic mass is 9.97. The van der Waals surface area contributed by atoms with Gasteiger partial charge >= 0.3 is 0 Å². The molecular formula is C24H22F3N3O4S. The number of halogens is 3. The molecule has 0 radical (unpaired) electrons. The molecule has 4 rings (SSSR count). The summed E-state index contributed by atoms with van der Waals surface area (Å²) in [4.78, 5) is 12.4. The molecule has 0 atom stereocenters. The van der Waals surface area contributed by atoms with E-state index in [1.807, 2.05) is 0 Å². The van der Waals surface area contributed by atoms with Gasteiger partial charge in [-0.25, -0.2) is 21.6 Å². The molecule has 0 aliphatic carbocycles. The Morgan fingerprint density at radius 2 is 1.80 bits per heavy atom. The Hall–Kier alpha value is -3.44. The van der Waals surface area contributed by atoms with Gasteiger partial charge in [-0.15, -0.1) is 0 Å². The van der Waals surface area contributed by atoms with Crippen molar-refractivity contribution in [2.24, 2.45) is 5.92 Å². The van der Waals surface area contributed by atoms with Crippen molar-refractivity contribution in [1.29, 1.82) is 0 Å². The van der Waals surface area contributed by atoms with Crippen LogP contribution < -0.4 is 5.32 Å². The van der Waals surface area contributed by atoms with Crippen LogP contribution in [0, 0.1) is 30.3 Å². The number of nitrogens with zero attached hydrogens (tertiary/aromatic N) is 2. The first-order chi connectivity index (χ1) is 16.6. The van der Waals surface area contributed by atoms with Crippen molar-refractivity contribution < 1.29 is 30.9 Å². The second-order valence-electron chi connectivity index (χ2n) is 8.14. The van der Waals surface area contributed by atoms with Gasteiger partial charge < -0.3 is 9.84 Å². The standard InChI is InChI=1S/C24H22F3N3O4S/c1-15-23(22(34-29-15)8-6-16-5-7-19(26)14-21(16)27)35(32,33)30-11-9-17(10-12-30)24(31)28-20-4-2-3-18(25)13-20/h2-8,13-14,17H,9-12H2,1H3,(H,28,31)/b8-6+. The van der Waals surface area contributed by atoms with Crippen molar-refractivity contribution in [3.05, 3.63) is 76.9 Å². The van der Waals surface area contributed by atoms with Crippen LogP contribution in [0.1, 0.15) is 29.9 Å². The first-order valence-corrected chi connectivity index (χ1v) is 12.2. The van der Waals surface area contributed by atoms with Crippen molar-refractivity contribution in [2.75, 3.05) is 18.4 Å². The third kappa shape index (κ3) is 5.46. The molecule has 11 heteroatoms. The molecule has 7 nitrogen and oxygen atoms in total. The lowest BCUT2D eigenvalue weighted by molar-refractivity contribution is -0.120. The van der Waals surface area contributed by atoms with E-state index >= 15 is 0 Å². The Bertz CT molecular complexity index is 1380. The number of amides is 1. The summed E-state index contributed by atoms with van der Waals surface area (Å²) in [5.74, 6) is -2.84. The normalized spacial score (nSPS) is 15.5. The predicted octanol–water partition coefficient (Wildman–Crippen LogP) is 4.61. The van der Waals surface area contributed by atoms with Gasteiger partial charge in [-0.3, -0.25) is 4.79 Å². The van der Waals surface area contributed by atoms with Crippen LogP contribution in [0.25, 0.3) is 12.2 Å². The fourth-order valence-electron chi connectivity index (χ4n) is 3.90. The van der Waals surface area contributed by atoms with E-state index < -0.39 is 33.4 Å². The largest absolute Gasteiger partial charge is 0.355 e. The minimum atomic E-state index is -4.02. The number of anilines is 1. The van der Waals surface area contributed by atoms with Crippen molar-refractivity contribution in [3.8, 4) is 0 Å². The number of aryl methyl sites for hydroxylation is 1. The molecule has 1 saturated heterocycles. The predicted molar refractivity (Wildman–Crippen MR) is 123 cm³/mol. The van der Waals surface area contributed by atoms with Crippen LogP contribution in [0.4, 0.5) is 18.9 Å². The second kappa shape index (κ2) is 10.0. The van der Waals surface area contributed by atoms with Gasteiger partial charge in [0.1, 0.15) is 23.1 Å². The molecule has 1 aromatic heterocycles. The van der Waals surface area contributed by atoms with Crippen LogP contribution in [-0.2, 0) is 14.8 Å². The third-order valence-corrected chi connectivity index (χ3v) is 7.78. The van der Waals surface area contributed by atoms with Gasteiger partial charge in [0.15, 0.2) is 10.7 Å².